The molecule has 0 radical (unpaired) electrons. The quantitative estimate of drug-likeness (QED) is 0.445. The molecular weight excluding hydrogens is 420 g/mol. The molecule has 1 aromatic carbocycles. The molecule has 31 heavy (non-hydrogen) atoms. The van der Waals surface area contributed by atoms with Crippen molar-refractivity contribution >= 4 is 14.0 Å². The molecule has 1 fully saturated rings. The highest BCUT2D eigenvalue weighted by Gasteiger charge is 2.62. The Balaban J connectivity index is 2.27. The summed E-state index contributed by atoms with van der Waals surface area (Å²) in [5, 5.41) is 19.4. The molecule has 164 valence electrons. The predicted octanol–water partition coefficient (Wildman–Crippen LogP) is 3.48. The Morgan fingerprint density at radius 3 is 2.42 bits per heavy atom. The van der Waals surface area contributed by atoms with Crippen LogP contribution in [0, 0.1) is 23.6 Å². The predicted molar refractivity (Wildman–Crippen MR) is 114 cm³/mol. The van der Waals surface area contributed by atoms with Crippen molar-refractivity contribution in [1.82, 2.24) is 4.98 Å². The van der Waals surface area contributed by atoms with E-state index in [1.165, 1.54) is 30.3 Å². The molecule has 1 aliphatic carbocycles. The molecule has 1 heterocycles. The second kappa shape index (κ2) is 8.92. The van der Waals surface area contributed by atoms with E-state index in [9.17, 15) is 28.9 Å². The smallest absolute Gasteiger partial charge is 0.335 e. The highest BCUT2D eigenvalue weighted by Crippen LogP contribution is 2.51. The normalized spacial score (nSPS) is 18.4. The number of rotatable bonds is 7. The fourth-order valence-corrected chi connectivity index (χ4v) is 4.44. The number of aliphatic carboxylic acids is 1. The fraction of sp³-hybridized carbons (Fsp3) is 0.391. The van der Waals surface area contributed by atoms with Crippen molar-refractivity contribution in [3.63, 3.8) is 0 Å². The van der Waals surface area contributed by atoms with E-state index < -0.39 is 30.6 Å². The first-order valence-corrected chi connectivity index (χ1v) is 11.4. The molecule has 0 bridgehead atoms. The molecule has 1 aliphatic rings. The molecule has 3 atom stereocenters. The summed E-state index contributed by atoms with van der Waals surface area (Å²) >= 11 is 0. The zero-order valence-corrected chi connectivity index (χ0v) is 18.3. The molecule has 1 saturated carbocycles. The zero-order chi connectivity index (χ0) is 22.8. The minimum atomic E-state index is -3.96. The van der Waals surface area contributed by atoms with Crippen molar-refractivity contribution in [2.75, 3.05) is 0 Å². The standard InChI is InChI=1S/C23H25FNO5P/c1-15(2)12-13-23(21(26)27,31(29)30)22(28,14-16-6-10-18(24)11-7-16)20-5-3-4-19(25-20)17-8-9-17/h3-7,10-11,15,17,28,31H,8-9,14H2,1-2H3,(H,26,27)(H,29,30). The summed E-state index contributed by atoms with van der Waals surface area (Å²) in [6.45, 7) is 3.42. The molecular formula is C23H25FNO5P. The van der Waals surface area contributed by atoms with Gasteiger partial charge >= 0.3 is 5.97 Å². The van der Waals surface area contributed by atoms with Crippen LogP contribution in [0.25, 0.3) is 0 Å². The molecule has 3 rings (SSSR count). The summed E-state index contributed by atoms with van der Waals surface area (Å²) in [6.07, 6.45) is 1.48. The van der Waals surface area contributed by atoms with E-state index in [0.29, 0.717) is 11.3 Å². The Kier molecular flexibility index (Phi) is 6.66. The number of nitrogens with zero attached hydrogens (tertiary/aromatic N) is 1. The first-order valence-electron chi connectivity index (χ1n) is 10.0. The fourth-order valence-electron chi connectivity index (χ4n) is 3.51. The van der Waals surface area contributed by atoms with Gasteiger partial charge in [0.05, 0.1) is 5.69 Å². The van der Waals surface area contributed by atoms with Gasteiger partial charge in [0.15, 0.2) is 0 Å². The first kappa shape index (κ1) is 23.1. The molecule has 2 aromatic rings. The molecule has 0 spiro atoms. The molecule has 8 heteroatoms. The Morgan fingerprint density at radius 1 is 1.26 bits per heavy atom. The highest BCUT2D eigenvalue weighted by molar-refractivity contribution is 7.42. The third kappa shape index (κ3) is 4.57. The third-order valence-corrected chi connectivity index (χ3v) is 6.77. The number of carboxylic acid groups (broad SMARTS) is 1. The van der Waals surface area contributed by atoms with E-state index in [-0.39, 0.29) is 24.0 Å². The van der Waals surface area contributed by atoms with Crippen LogP contribution in [0.3, 0.4) is 0 Å². The van der Waals surface area contributed by atoms with Crippen LogP contribution in [0.5, 0.6) is 0 Å². The van der Waals surface area contributed by atoms with E-state index in [2.05, 4.69) is 16.8 Å². The van der Waals surface area contributed by atoms with Gasteiger partial charge in [0.2, 0.25) is 13.2 Å². The molecule has 0 saturated heterocycles. The number of aromatic nitrogens is 1. The van der Waals surface area contributed by atoms with E-state index >= 15 is 0 Å². The van der Waals surface area contributed by atoms with E-state index in [4.69, 9.17) is 0 Å². The summed E-state index contributed by atoms with van der Waals surface area (Å²) in [4.78, 5) is 27.2. The SMILES string of the molecule is CC(C)C#CC(C(=O)O)([PH](=O)O)C(O)(Cc1ccc(F)cc1)c1cccc(C2CC2)n1. The maximum atomic E-state index is 13.4. The second-order valence-corrected chi connectivity index (χ2v) is 9.53. The molecule has 6 nitrogen and oxygen atoms in total. The van der Waals surface area contributed by atoms with E-state index in [1.807, 2.05) is 0 Å². The van der Waals surface area contributed by atoms with Crippen molar-refractivity contribution in [3.8, 4) is 11.8 Å². The van der Waals surface area contributed by atoms with Gasteiger partial charge in [0.1, 0.15) is 11.4 Å². The van der Waals surface area contributed by atoms with Gasteiger partial charge in [0, 0.05) is 24.0 Å². The van der Waals surface area contributed by atoms with E-state index in [0.717, 1.165) is 12.8 Å². The van der Waals surface area contributed by atoms with Crippen molar-refractivity contribution in [1.29, 1.82) is 0 Å². The number of hydrogen-bond donors (Lipinski definition) is 3. The van der Waals surface area contributed by atoms with Crippen LogP contribution in [-0.4, -0.2) is 31.2 Å². The Labute approximate surface area is 181 Å². The van der Waals surface area contributed by atoms with Crippen LogP contribution in [0.15, 0.2) is 42.5 Å². The topological polar surface area (TPSA) is 108 Å². The largest absolute Gasteiger partial charge is 0.480 e. The van der Waals surface area contributed by atoms with Gasteiger partial charge in [-0.25, -0.2) is 9.18 Å². The average molecular weight is 445 g/mol. The Morgan fingerprint density at radius 2 is 1.90 bits per heavy atom. The van der Waals surface area contributed by atoms with Gasteiger partial charge in [-0.15, -0.1) is 0 Å². The Hall–Kier alpha value is -2.52. The lowest BCUT2D eigenvalue weighted by Gasteiger charge is -2.39. The minimum Gasteiger partial charge on any atom is -0.480 e. The third-order valence-electron chi connectivity index (χ3n) is 5.37. The second-order valence-electron chi connectivity index (χ2n) is 8.17. The molecule has 0 amide bonds. The van der Waals surface area contributed by atoms with Crippen molar-refractivity contribution in [3.05, 3.63) is 65.2 Å². The van der Waals surface area contributed by atoms with Crippen LogP contribution in [-0.2, 0) is 21.4 Å². The lowest BCUT2D eigenvalue weighted by atomic mass is 9.78. The van der Waals surface area contributed by atoms with Gasteiger partial charge in [0.25, 0.3) is 0 Å². The molecule has 3 N–H and O–H groups in total. The summed E-state index contributed by atoms with van der Waals surface area (Å²) in [7, 11) is -3.96. The van der Waals surface area contributed by atoms with Crippen LogP contribution < -0.4 is 0 Å². The summed E-state index contributed by atoms with van der Waals surface area (Å²) in [5.41, 5.74) is -1.42. The van der Waals surface area contributed by atoms with Gasteiger partial charge < -0.3 is 15.1 Å². The number of halogens is 1. The van der Waals surface area contributed by atoms with Gasteiger partial charge in [-0.05, 0) is 42.7 Å². The molecule has 3 unspecified atom stereocenters. The summed E-state index contributed by atoms with van der Waals surface area (Å²) < 4.78 is 26.0. The monoisotopic (exact) mass is 445 g/mol. The first-order chi connectivity index (χ1) is 14.6. The van der Waals surface area contributed by atoms with Gasteiger partial charge in [-0.3, -0.25) is 9.55 Å². The highest BCUT2D eigenvalue weighted by atomic mass is 31.1. The molecule has 0 aliphatic heterocycles. The number of benzene rings is 1. The van der Waals surface area contributed by atoms with Crippen LogP contribution >= 0.6 is 8.03 Å². The lowest BCUT2D eigenvalue weighted by molar-refractivity contribution is -0.146. The summed E-state index contributed by atoms with van der Waals surface area (Å²) in [6, 6.07) is 9.99. The van der Waals surface area contributed by atoms with Gasteiger partial charge in [-0.1, -0.05) is 43.9 Å². The van der Waals surface area contributed by atoms with Crippen molar-refractivity contribution in [2.45, 2.75) is 49.8 Å². The van der Waals surface area contributed by atoms with Crippen molar-refractivity contribution in [2.24, 2.45) is 5.92 Å². The number of hydrogen-bond acceptors (Lipinski definition) is 4. The lowest BCUT2D eigenvalue weighted by Crippen LogP contribution is -2.56. The maximum absolute atomic E-state index is 13.4. The zero-order valence-electron chi connectivity index (χ0n) is 17.3. The van der Waals surface area contributed by atoms with Crippen LogP contribution in [0.2, 0.25) is 0 Å². The average Bonchev–Trinajstić information content (AvgIpc) is 3.55. The van der Waals surface area contributed by atoms with Gasteiger partial charge in [-0.2, -0.15) is 0 Å². The number of carboxylic acids is 1. The number of carbonyl (C=O) groups is 1. The number of aliphatic hydroxyl groups is 1. The van der Waals surface area contributed by atoms with Crippen molar-refractivity contribution < 1.29 is 28.9 Å². The maximum Gasteiger partial charge on any atom is 0.335 e. The van der Waals surface area contributed by atoms with Crippen LogP contribution in [0.4, 0.5) is 4.39 Å². The summed E-state index contributed by atoms with van der Waals surface area (Å²) in [5.74, 6) is 2.79. The van der Waals surface area contributed by atoms with Crippen LogP contribution in [0.1, 0.15) is 49.6 Å². The molecule has 1 aromatic heterocycles. The number of pyridine rings is 1. The van der Waals surface area contributed by atoms with E-state index in [1.54, 1.807) is 26.0 Å². The minimum absolute atomic E-state index is 0.0471. The Bertz CT molecular complexity index is 1040.